The van der Waals surface area contributed by atoms with E-state index in [-0.39, 0.29) is 48.0 Å². The van der Waals surface area contributed by atoms with Gasteiger partial charge in [0, 0.05) is 23.9 Å². The zero-order valence-electron chi connectivity index (χ0n) is 13.7. The molecule has 0 saturated carbocycles. The summed E-state index contributed by atoms with van der Waals surface area (Å²) in [6.07, 6.45) is 0.421. The maximum Gasteiger partial charge on any atom is 0.306 e. The van der Waals surface area contributed by atoms with Crippen molar-refractivity contribution in [2.75, 3.05) is 5.32 Å². The van der Waals surface area contributed by atoms with E-state index in [2.05, 4.69) is 15.5 Å². The van der Waals surface area contributed by atoms with E-state index in [1.807, 2.05) is 0 Å². The van der Waals surface area contributed by atoms with Gasteiger partial charge in [-0.25, -0.2) is 0 Å². The summed E-state index contributed by atoms with van der Waals surface area (Å²) in [6, 6.07) is 4.12. The highest BCUT2D eigenvalue weighted by Crippen LogP contribution is 2.24. The maximum atomic E-state index is 11.7. The molecule has 26 heavy (non-hydrogen) atoms. The van der Waals surface area contributed by atoms with Gasteiger partial charge in [0.2, 0.25) is 11.0 Å². The molecule has 1 aromatic heterocycles. The number of anilines is 1. The fourth-order valence-electron chi connectivity index (χ4n) is 1.98. The zero-order chi connectivity index (χ0) is 19.1. The standard InChI is InChI=1S/C15H15ClN4O5S/c1-9-18-19-15(26-9)17-13(21)3-2-4-14(22)25-8-10-5-6-11(16)7-12(10)20(23)24/h5-7H,2-4,8H2,1H3,(H,17,19,21). The van der Waals surface area contributed by atoms with Crippen LogP contribution < -0.4 is 5.32 Å². The fraction of sp³-hybridized carbons (Fsp3) is 0.333. The molecule has 2 rings (SSSR count). The number of carbonyl (C=O) groups excluding carboxylic acids is 2. The highest BCUT2D eigenvalue weighted by Gasteiger charge is 2.16. The van der Waals surface area contributed by atoms with Crippen LogP contribution in [0.4, 0.5) is 10.8 Å². The summed E-state index contributed by atoms with van der Waals surface area (Å²) in [6.45, 7) is 1.54. The minimum Gasteiger partial charge on any atom is -0.461 e. The molecule has 0 unspecified atom stereocenters. The van der Waals surface area contributed by atoms with E-state index < -0.39 is 10.9 Å². The van der Waals surface area contributed by atoms with E-state index in [0.717, 1.165) is 5.01 Å². The molecular formula is C15H15ClN4O5S. The van der Waals surface area contributed by atoms with Crippen molar-refractivity contribution in [2.24, 2.45) is 0 Å². The number of hydrogen-bond donors (Lipinski definition) is 1. The number of nitro benzene ring substituents is 1. The number of ether oxygens (including phenoxy) is 1. The summed E-state index contributed by atoms with van der Waals surface area (Å²) in [5.41, 5.74) is 0.0363. The van der Waals surface area contributed by atoms with E-state index in [1.165, 1.54) is 29.5 Å². The predicted molar refractivity (Wildman–Crippen MR) is 95.0 cm³/mol. The first-order valence-electron chi connectivity index (χ1n) is 7.53. The van der Waals surface area contributed by atoms with Gasteiger partial charge in [-0.1, -0.05) is 22.9 Å². The van der Waals surface area contributed by atoms with E-state index >= 15 is 0 Å². The van der Waals surface area contributed by atoms with Gasteiger partial charge in [-0.05, 0) is 25.5 Å². The molecule has 0 radical (unpaired) electrons. The Hall–Kier alpha value is -2.59. The Kier molecular flexibility index (Phi) is 6.98. The van der Waals surface area contributed by atoms with Crippen LogP contribution in [0.15, 0.2) is 18.2 Å². The number of amides is 1. The molecule has 11 heteroatoms. The minimum atomic E-state index is -0.589. The molecule has 1 heterocycles. The number of nitrogens with one attached hydrogen (secondary N) is 1. The molecule has 9 nitrogen and oxygen atoms in total. The first kappa shape index (κ1) is 19.7. The first-order valence-corrected chi connectivity index (χ1v) is 8.73. The quantitative estimate of drug-likeness (QED) is 0.411. The normalized spacial score (nSPS) is 10.4. The van der Waals surface area contributed by atoms with Crippen molar-refractivity contribution in [1.29, 1.82) is 0 Å². The van der Waals surface area contributed by atoms with Crippen molar-refractivity contribution in [3.63, 3.8) is 0 Å². The molecule has 1 amide bonds. The van der Waals surface area contributed by atoms with Crippen LogP contribution in [0.5, 0.6) is 0 Å². The summed E-state index contributed by atoms with van der Waals surface area (Å²) in [4.78, 5) is 33.8. The number of esters is 1. The number of rotatable bonds is 8. The smallest absolute Gasteiger partial charge is 0.306 e. The molecule has 1 aromatic carbocycles. The predicted octanol–water partition coefficient (Wildman–Crippen LogP) is 3.26. The second-order valence-corrected chi connectivity index (χ2v) is 6.84. The number of halogens is 1. The Bertz CT molecular complexity index is 826. The first-order chi connectivity index (χ1) is 12.3. The van der Waals surface area contributed by atoms with E-state index in [0.29, 0.717) is 5.13 Å². The number of nitro groups is 1. The lowest BCUT2D eigenvalue weighted by atomic mass is 10.2. The largest absolute Gasteiger partial charge is 0.461 e. The van der Waals surface area contributed by atoms with Crippen LogP contribution in [0, 0.1) is 17.0 Å². The molecule has 0 fully saturated rings. The number of carbonyl (C=O) groups is 2. The molecule has 2 aromatic rings. The average molecular weight is 399 g/mol. The second-order valence-electron chi connectivity index (χ2n) is 5.22. The van der Waals surface area contributed by atoms with Crippen molar-refractivity contribution in [3.8, 4) is 0 Å². The topological polar surface area (TPSA) is 124 Å². The van der Waals surface area contributed by atoms with Gasteiger partial charge in [-0.15, -0.1) is 10.2 Å². The van der Waals surface area contributed by atoms with Gasteiger partial charge < -0.3 is 10.1 Å². The molecule has 0 saturated heterocycles. The minimum absolute atomic E-state index is 0.0178. The van der Waals surface area contributed by atoms with Crippen molar-refractivity contribution < 1.29 is 19.2 Å². The van der Waals surface area contributed by atoms with Gasteiger partial charge in [0.15, 0.2) is 0 Å². The SMILES string of the molecule is Cc1nnc(NC(=O)CCCC(=O)OCc2ccc(Cl)cc2[N+](=O)[O-])s1. The van der Waals surface area contributed by atoms with Crippen LogP contribution in [-0.2, 0) is 20.9 Å². The fourth-order valence-corrected chi connectivity index (χ4v) is 2.76. The van der Waals surface area contributed by atoms with Crippen LogP contribution in [0.3, 0.4) is 0 Å². The molecule has 138 valence electrons. The number of aryl methyl sites for hydroxylation is 1. The third kappa shape index (κ3) is 6.05. The van der Waals surface area contributed by atoms with Gasteiger partial charge in [0.05, 0.1) is 10.5 Å². The lowest BCUT2D eigenvalue weighted by Gasteiger charge is -2.06. The zero-order valence-corrected chi connectivity index (χ0v) is 15.3. The number of hydrogen-bond acceptors (Lipinski definition) is 8. The summed E-state index contributed by atoms with van der Waals surface area (Å²) in [7, 11) is 0. The molecular weight excluding hydrogens is 384 g/mol. The Morgan fingerprint density at radius 2 is 2.12 bits per heavy atom. The van der Waals surface area contributed by atoms with E-state index in [1.54, 1.807) is 6.92 Å². The Morgan fingerprint density at radius 1 is 1.35 bits per heavy atom. The molecule has 0 spiro atoms. The average Bonchev–Trinajstić information content (AvgIpc) is 2.98. The number of benzene rings is 1. The van der Waals surface area contributed by atoms with Crippen molar-refractivity contribution in [1.82, 2.24) is 10.2 Å². The van der Waals surface area contributed by atoms with Gasteiger partial charge in [0.25, 0.3) is 5.69 Å². The Balaban J connectivity index is 1.74. The van der Waals surface area contributed by atoms with Gasteiger partial charge in [0.1, 0.15) is 11.6 Å². The molecule has 0 aliphatic carbocycles. The van der Waals surface area contributed by atoms with Gasteiger partial charge in [-0.3, -0.25) is 19.7 Å². The lowest BCUT2D eigenvalue weighted by Crippen LogP contribution is -2.12. The summed E-state index contributed by atoms with van der Waals surface area (Å²) in [5, 5.41) is 22.5. The molecule has 0 aliphatic heterocycles. The van der Waals surface area contributed by atoms with Gasteiger partial charge >= 0.3 is 5.97 Å². The van der Waals surface area contributed by atoms with Crippen LogP contribution in [0.2, 0.25) is 5.02 Å². The third-order valence-corrected chi connectivity index (χ3v) is 4.18. The highest BCUT2D eigenvalue weighted by atomic mass is 35.5. The van der Waals surface area contributed by atoms with Crippen LogP contribution in [0.25, 0.3) is 0 Å². The molecule has 0 bridgehead atoms. The van der Waals surface area contributed by atoms with Crippen LogP contribution in [-0.4, -0.2) is 27.0 Å². The molecule has 1 N–H and O–H groups in total. The Morgan fingerprint density at radius 3 is 2.77 bits per heavy atom. The lowest BCUT2D eigenvalue weighted by molar-refractivity contribution is -0.385. The van der Waals surface area contributed by atoms with Crippen LogP contribution >= 0.6 is 22.9 Å². The summed E-state index contributed by atoms with van der Waals surface area (Å²) < 4.78 is 5.02. The Labute approximate surface area is 157 Å². The van der Waals surface area contributed by atoms with Crippen molar-refractivity contribution in [2.45, 2.75) is 32.8 Å². The van der Waals surface area contributed by atoms with Crippen molar-refractivity contribution >= 4 is 45.6 Å². The highest BCUT2D eigenvalue weighted by molar-refractivity contribution is 7.15. The van der Waals surface area contributed by atoms with Crippen molar-refractivity contribution in [3.05, 3.63) is 43.9 Å². The van der Waals surface area contributed by atoms with Crippen LogP contribution in [0.1, 0.15) is 29.8 Å². The number of nitrogens with zero attached hydrogens (tertiary/aromatic N) is 3. The number of aromatic nitrogens is 2. The van der Waals surface area contributed by atoms with Gasteiger partial charge in [-0.2, -0.15) is 0 Å². The second kappa shape index (κ2) is 9.20. The molecule has 0 atom stereocenters. The van der Waals surface area contributed by atoms with E-state index in [4.69, 9.17) is 16.3 Å². The molecule has 0 aliphatic rings. The monoisotopic (exact) mass is 398 g/mol. The maximum absolute atomic E-state index is 11.7. The summed E-state index contributed by atoms with van der Waals surface area (Å²) in [5.74, 6) is -0.823. The third-order valence-electron chi connectivity index (χ3n) is 3.19. The van der Waals surface area contributed by atoms with E-state index in [9.17, 15) is 19.7 Å². The summed E-state index contributed by atoms with van der Waals surface area (Å²) >= 11 is 6.98.